The van der Waals surface area contributed by atoms with Crippen LogP contribution in [-0.4, -0.2) is 39.9 Å². The van der Waals surface area contributed by atoms with E-state index in [0.717, 1.165) is 12.0 Å². The molecule has 0 aliphatic carbocycles. The average molecular weight is 473 g/mol. The van der Waals surface area contributed by atoms with E-state index in [9.17, 15) is 14.7 Å². The molecule has 1 aliphatic rings. The molecular formula is C28H28N2O5. The van der Waals surface area contributed by atoms with Crippen molar-refractivity contribution in [2.45, 2.75) is 32.9 Å². The third kappa shape index (κ3) is 5.19. The summed E-state index contributed by atoms with van der Waals surface area (Å²) < 4.78 is 11.2. The van der Waals surface area contributed by atoms with Gasteiger partial charge in [0.05, 0.1) is 24.8 Å². The van der Waals surface area contributed by atoms with Crippen LogP contribution in [0.5, 0.6) is 11.5 Å². The number of aromatic nitrogens is 1. The predicted octanol–water partition coefficient (Wildman–Crippen LogP) is 4.89. The van der Waals surface area contributed by atoms with Crippen LogP contribution in [0.3, 0.4) is 0 Å². The van der Waals surface area contributed by atoms with Gasteiger partial charge < -0.3 is 19.5 Å². The molecule has 4 rings (SSSR count). The number of amides is 1. The zero-order valence-corrected chi connectivity index (χ0v) is 19.8. The number of likely N-dealkylation sites (tertiary alicyclic amines) is 1. The zero-order valence-electron chi connectivity index (χ0n) is 19.8. The van der Waals surface area contributed by atoms with Gasteiger partial charge in [-0.3, -0.25) is 14.6 Å². The third-order valence-electron chi connectivity index (χ3n) is 5.70. The highest BCUT2D eigenvalue weighted by Gasteiger charge is 2.46. The van der Waals surface area contributed by atoms with Crippen LogP contribution in [0, 0.1) is 0 Å². The number of carbonyl (C=O) groups is 2. The molecule has 3 aromatic rings. The lowest BCUT2D eigenvalue weighted by atomic mass is 9.95. The second kappa shape index (κ2) is 10.9. The summed E-state index contributed by atoms with van der Waals surface area (Å²) in [6, 6.07) is 17.0. The Morgan fingerprint density at radius 3 is 2.49 bits per heavy atom. The maximum Gasteiger partial charge on any atom is 0.295 e. The monoisotopic (exact) mass is 472 g/mol. The Balaban J connectivity index is 1.80. The van der Waals surface area contributed by atoms with E-state index in [-0.39, 0.29) is 17.9 Å². The molecule has 1 unspecified atom stereocenters. The number of rotatable bonds is 9. The van der Waals surface area contributed by atoms with Gasteiger partial charge in [0.25, 0.3) is 11.7 Å². The Labute approximate surface area is 204 Å². The maximum absolute atomic E-state index is 13.3. The summed E-state index contributed by atoms with van der Waals surface area (Å²) in [5, 5.41) is 11.3. The van der Waals surface area contributed by atoms with Gasteiger partial charge in [-0.1, -0.05) is 37.3 Å². The van der Waals surface area contributed by atoms with Crippen molar-refractivity contribution in [3.8, 4) is 11.5 Å². The van der Waals surface area contributed by atoms with E-state index in [1.54, 1.807) is 54.9 Å². The van der Waals surface area contributed by atoms with Gasteiger partial charge in [0, 0.05) is 24.5 Å². The number of hydrogen-bond donors (Lipinski definition) is 1. The highest BCUT2D eigenvalue weighted by atomic mass is 16.5. The molecule has 0 radical (unpaired) electrons. The average Bonchev–Trinajstić information content (AvgIpc) is 3.13. The van der Waals surface area contributed by atoms with E-state index >= 15 is 0 Å². The molecule has 1 saturated heterocycles. The van der Waals surface area contributed by atoms with Crippen molar-refractivity contribution in [2.24, 2.45) is 0 Å². The molecule has 35 heavy (non-hydrogen) atoms. The molecule has 7 nitrogen and oxygen atoms in total. The molecule has 180 valence electrons. The van der Waals surface area contributed by atoms with Crippen molar-refractivity contribution in [2.75, 3.05) is 13.2 Å². The number of Topliss-reactive ketones (excluding diaryl/α,β-unsaturated/α-hetero) is 1. The second-order valence-corrected chi connectivity index (χ2v) is 8.17. The fraction of sp³-hybridized carbons (Fsp3) is 0.250. The fourth-order valence-electron chi connectivity index (χ4n) is 4.10. The number of ether oxygens (including phenoxy) is 2. The van der Waals surface area contributed by atoms with E-state index in [1.807, 2.05) is 32.0 Å². The lowest BCUT2D eigenvalue weighted by Crippen LogP contribution is -2.29. The number of benzene rings is 2. The number of aliphatic hydroxyl groups is 1. The molecule has 2 heterocycles. The summed E-state index contributed by atoms with van der Waals surface area (Å²) in [6.07, 6.45) is 4.14. The van der Waals surface area contributed by atoms with Crippen LogP contribution in [0.1, 0.15) is 43.0 Å². The number of carbonyl (C=O) groups excluding carboxylic acids is 2. The van der Waals surface area contributed by atoms with Crippen LogP contribution < -0.4 is 9.47 Å². The van der Waals surface area contributed by atoms with Gasteiger partial charge >= 0.3 is 0 Å². The van der Waals surface area contributed by atoms with Crippen LogP contribution in [0.25, 0.3) is 5.76 Å². The Hall–Kier alpha value is -4.13. The number of ketones is 1. The molecule has 0 bridgehead atoms. The van der Waals surface area contributed by atoms with Crippen molar-refractivity contribution >= 4 is 17.4 Å². The quantitative estimate of drug-likeness (QED) is 0.271. The standard InChI is InChI=1S/C28H28N2O5/c1-3-15-35-23-9-5-8-21(16-23)26(31)24-25(20-10-12-22(13-11-20)34-4-2)30(28(33)27(24)32)18-19-7-6-14-29-17-19/h5-14,16-17,25,31H,3-4,15,18H2,1-2H3. The summed E-state index contributed by atoms with van der Waals surface area (Å²) in [7, 11) is 0. The molecule has 0 spiro atoms. The number of nitrogens with zero attached hydrogens (tertiary/aromatic N) is 2. The Morgan fingerprint density at radius 1 is 1.00 bits per heavy atom. The van der Waals surface area contributed by atoms with Gasteiger partial charge in [0.1, 0.15) is 17.3 Å². The minimum absolute atomic E-state index is 0.0377. The number of hydrogen-bond acceptors (Lipinski definition) is 6. The molecule has 1 fully saturated rings. The molecule has 1 amide bonds. The molecule has 0 saturated carbocycles. The first-order valence-electron chi connectivity index (χ1n) is 11.7. The van der Waals surface area contributed by atoms with Gasteiger partial charge in [-0.25, -0.2) is 0 Å². The van der Waals surface area contributed by atoms with E-state index in [0.29, 0.717) is 35.8 Å². The van der Waals surface area contributed by atoms with Gasteiger partial charge in [-0.05, 0) is 54.8 Å². The molecule has 2 aromatic carbocycles. The van der Waals surface area contributed by atoms with Crippen molar-refractivity contribution in [1.29, 1.82) is 0 Å². The molecule has 7 heteroatoms. The Morgan fingerprint density at radius 2 is 1.80 bits per heavy atom. The van der Waals surface area contributed by atoms with Gasteiger partial charge in [-0.15, -0.1) is 0 Å². The molecule has 1 aliphatic heterocycles. The van der Waals surface area contributed by atoms with Crippen molar-refractivity contribution in [3.05, 3.63) is 95.3 Å². The summed E-state index contributed by atoms with van der Waals surface area (Å²) in [6.45, 7) is 5.13. The lowest BCUT2D eigenvalue weighted by Gasteiger charge is -2.25. The van der Waals surface area contributed by atoms with E-state index in [1.165, 1.54) is 4.90 Å². The van der Waals surface area contributed by atoms with E-state index < -0.39 is 17.7 Å². The number of aliphatic hydroxyl groups excluding tert-OH is 1. The number of pyridine rings is 1. The zero-order chi connectivity index (χ0) is 24.8. The summed E-state index contributed by atoms with van der Waals surface area (Å²) in [5.74, 6) is -0.380. The van der Waals surface area contributed by atoms with Crippen LogP contribution in [0.2, 0.25) is 0 Å². The van der Waals surface area contributed by atoms with Crippen LogP contribution in [0.4, 0.5) is 0 Å². The second-order valence-electron chi connectivity index (χ2n) is 8.17. The molecule has 1 aromatic heterocycles. The van der Waals surface area contributed by atoms with Crippen LogP contribution >= 0.6 is 0 Å². The molecular weight excluding hydrogens is 444 g/mol. The molecule has 1 atom stereocenters. The summed E-state index contributed by atoms with van der Waals surface area (Å²) in [4.78, 5) is 32.0. The lowest BCUT2D eigenvalue weighted by molar-refractivity contribution is -0.140. The smallest absolute Gasteiger partial charge is 0.295 e. The summed E-state index contributed by atoms with van der Waals surface area (Å²) >= 11 is 0. The first-order valence-corrected chi connectivity index (χ1v) is 11.7. The Bertz CT molecular complexity index is 1220. The Kier molecular flexibility index (Phi) is 7.45. The predicted molar refractivity (Wildman–Crippen MR) is 132 cm³/mol. The molecule has 1 N–H and O–H groups in total. The first-order chi connectivity index (χ1) is 17.0. The topological polar surface area (TPSA) is 89.0 Å². The minimum atomic E-state index is -0.772. The van der Waals surface area contributed by atoms with Gasteiger partial charge in [0.15, 0.2) is 0 Å². The van der Waals surface area contributed by atoms with Crippen LogP contribution in [-0.2, 0) is 16.1 Å². The van der Waals surface area contributed by atoms with Crippen molar-refractivity contribution in [3.63, 3.8) is 0 Å². The van der Waals surface area contributed by atoms with Gasteiger partial charge in [0.2, 0.25) is 0 Å². The van der Waals surface area contributed by atoms with Crippen LogP contribution in [0.15, 0.2) is 78.6 Å². The normalized spacial score (nSPS) is 17.0. The third-order valence-corrected chi connectivity index (χ3v) is 5.70. The van der Waals surface area contributed by atoms with E-state index in [4.69, 9.17) is 9.47 Å². The largest absolute Gasteiger partial charge is 0.507 e. The highest BCUT2D eigenvalue weighted by molar-refractivity contribution is 6.46. The van der Waals surface area contributed by atoms with E-state index in [2.05, 4.69) is 4.98 Å². The fourth-order valence-corrected chi connectivity index (χ4v) is 4.10. The summed E-state index contributed by atoms with van der Waals surface area (Å²) in [5.41, 5.74) is 1.92. The minimum Gasteiger partial charge on any atom is -0.507 e. The van der Waals surface area contributed by atoms with Crippen molar-refractivity contribution < 1.29 is 24.2 Å². The van der Waals surface area contributed by atoms with Gasteiger partial charge in [-0.2, -0.15) is 0 Å². The SMILES string of the molecule is CCCOc1cccc(C(O)=C2C(=O)C(=O)N(Cc3cccnc3)C2c2ccc(OCC)cc2)c1. The first kappa shape index (κ1) is 24.0. The highest BCUT2D eigenvalue weighted by Crippen LogP contribution is 2.41. The van der Waals surface area contributed by atoms with Crippen molar-refractivity contribution in [1.82, 2.24) is 9.88 Å². The maximum atomic E-state index is 13.3.